The molecule has 0 bridgehead atoms. The molecule has 39 heavy (non-hydrogen) atoms. The molecule has 2 aromatic carbocycles. The zero-order valence-electron chi connectivity index (χ0n) is 20.8. The van der Waals surface area contributed by atoms with Gasteiger partial charge >= 0.3 is 6.18 Å². The fourth-order valence-electron chi connectivity index (χ4n) is 4.26. The average molecular weight is 539 g/mol. The van der Waals surface area contributed by atoms with Gasteiger partial charge in [-0.05, 0) is 66.3 Å². The maximum Gasteiger partial charge on any atom is 0.417 e. The van der Waals surface area contributed by atoms with Crippen molar-refractivity contribution < 1.29 is 27.1 Å². The predicted octanol–water partition coefficient (Wildman–Crippen LogP) is 6.26. The van der Waals surface area contributed by atoms with Crippen molar-refractivity contribution in [3.05, 3.63) is 113 Å². The maximum atomic E-state index is 14.9. The van der Waals surface area contributed by atoms with Crippen molar-refractivity contribution in [2.24, 2.45) is 11.7 Å². The van der Waals surface area contributed by atoms with Crippen molar-refractivity contribution in [2.75, 3.05) is 11.9 Å². The maximum absolute atomic E-state index is 14.9. The Bertz CT molecular complexity index is 1470. The van der Waals surface area contributed by atoms with E-state index in [9.17, 15) is 22.4 Å². The Hall–Kier alpha value is -4.02. The van der Waals surface area contributed by atoms with Crippen molar-refractivity contribution in [1.82, 2.24) is 9.55 Å². The number of hydrogen-bond acceptors (Lipinski definition) is 4. The fraction of sp³-hybridized carbons (Fsp3) is 0.241. The Morgan fingerprint density at radius 2 is 1.92 bits per heavy atom. The molecule has 1 aliphatic carbocycles. The lowest BCUT2D eigenvalue weighted by molar-refractivity contribution is -0.137. The number of alkyl halides is 3. The normalized spacial score (nSPS) is 14.3. The van der Waals surface area contributed by atoms with Gasteiger partial charge in [-0.3, -0.25) is 9.78 Å². The lowest BCUT2D eigenvalue weighted by atomic mass is 10.0. The number of anilines is 1. The van der Waals surface area contributed by atoms with Crippen LogP contribution in [-0.4, -0.2) is 22.1 Å². The van der Waals surface area contributed by atoms with E-state index in [4.69, 9.17) is 10.5 Å². The molecular weight excluding hydrogens is 512 g/mol. The molecule has 1 amide bonds. The zero-order chi connectivity index (χ0) is 27.6. The van der Waals surface area contributed by atoms with Crippen LogP contribution in [0.3, 0.4) is 0 Å². The van der Waals surface area contributed by atoms with Crippen molar-refractivity contribution in [3.8, 4) is 5.69 Å². The number of carbonyl (C=O) groups is 1. The molecule has 0 aliphatic heterocycles. The molecule has 3 N–H and O–H groups in total. The number of nitrogens with two attached hydrogens (primary N) is 1. The van der Waals surface area contributed by atoms with Gasteiger partial charge in [0.25, 0.3) is 5.91 Å². The Balaban J connectivity index is 1.48. The van der Waals surface area contributed by atoms with E-state index in [2.05, 4.69) is 10.3 Å². The topological polar surface area (TPSA) is 82.2 Å². The fourth-order valence-corrected chi connectivity index (χ4v) is 4.26. The Kier molecular flexibility index (Phi) is 7.49. The number of benzene rings is 2. The predicted molar refractivity (Wildman–Crippen MR) is 138 cm³/mol. The Morgan fingerprint density at radius 1 is 1.10 bits per heavy atom. The second-order valence-corrected chi connectivity index (χ2v) is 9.49. The third kappa shape index (κ3) is 6.18. The number of aromatic nitrogens is 2. The van der Waals surface area contributed by atoms with Crippen molar-refractivity contribution in [1.29, 1.82) is 0 Å². The molecule has 1 saturated carbocycles. The van der Waals surface area contributed by atoms with E-state index in [0.29, 0.717) is 29.3 Å². The number of hydrogen-bond donors (Lipinski definition) is 2. The molecule has 1 unspecified atom stereocenters. The number of nitrogens with zero attached hydrogens (tertiary/aromatic N) is 2. The van der Waals surface area contributed by atoms with Crippen LogP contribution in [0.25, 0.3) is 5.69 Å². The first-order valence-corrected chi connectivity index (χ1v) is 12.4. The first-order valence-electron chi connectivity index (χ1n) is 12.4. The molecule has 10 heteroatoms. The van der Waals surface area contributed by atoms with Crippen LogP contribution in [0.1, 0.15) is 51.7 Å². The van der Waals surface area contributed by atoms with Crippen LogP contribution in [0.15, 0.2) is 79.3 Å². The summed E-state index contributed by atoms with van der Waals surface area (Å²) in [6.07, 6.45) is 1.03. The average Bonchev–Trinajstić information content (AvgIpc) is 3.64. The molecule has 0 spiro atoms. The molecular formula is C29H26F4N4O2. The van der Waals surface area contributed by atoms with Gasteiger partial charge in [0.15, 0.2) is 0 Å². The molecule has 1 atom stereocenters. The van der Waals surface area contributed by atoms with Gasteiger partial charge in [-0.15, -0.1) is 0 Å². The number of rotatable bonds is 9. The van der Waals surface area contributed by atoms with Crippen LogP contribution in [0.5, 0.6) is 0 Å². The third-order valence-corrected chi connectivity index (χ3v) is 6.53. The molecule has 2 heterocycles. The highest BCUT2D eigenvalue weighted by molar-refractivity contribution is 6.04. The summed E-state index contributed by atoms with van der Waals surface area (Å²) < 4.78 is 62.9. The smallest absolute Gasteiger partial charge is 0.368 e. The minimum Gasteiger partial charge on any atom is -0.368 e. The molecule has 0 saturated heterocycles. The monoisotopic (exact) mass is 538 g/mol. The van der Waals surface area contributed by atoms with E-state index in [1.807, 2.05) is 6.07 Å². The summed E-state index contributed by atoms with van der Waals surface area (Å²) in [6, 6.07) is 15.0. The van der Waals surface area contributed by atoms with E-state index in [-0.39, 0.29) is 17.9 Å². The lowest BCUT2D eigenvalue weighted by Gasteiger charge is -2.20. The highest BCUT2D eigenvalue weighted by Gasteiger charge is 2.34. The van der Waals surface area contributed by atoms with Gasteiger partial charge in [0.2, 0.25) is 0 Å². The second-order valence-electron chi connectivity index (χ2n) is 9.49. The molecule has 0 radical (unpaired) electrons. The third-order valence-electron chi connectivity index (χ3n) is 6.53. The van der Waals surface area contributed by atoms with Crippen LogP contribution in [0.4, 0.5) is 23.2 Å². The molecule has 202 valence electrons. The first kappa shape index (κ1) is 26.6. The number of carbonyl (C=O) groups excluding carboxylic acids is 1. The highest BCUT2D eigenvalue weighted by atomic mass is 19.4. The Morgan fingerprint density at radius 3 is 2.62 bits per heavy atom. The summed E-state index contributed by atoms with van der Waals surface area (Å²) >= 11 is 0. The Labute approximate surface area is 222 Å². The van der Waals surface area contributed by atoms with Crippen molar-refractivity contribution in [3.63, 3.8) is 0 Å². The van der Waals surface area contributed by atoms with Gasteiger partial charge < -0.3 is 20.4 Å². The molecule has 6 nitrogen and oxygen atoms in total. The molecule has 5 rings (SSSR count). The van der Waals surface area contributed by atoms with E-state index in [1.54, 1.807) is 48.8 Å². The van der Waals surface area contributed by atoms with Crippen molar-refractivity contribution >= 4 is 11.6 Å². The van der Waals surface area contributed by atoms with E-state index >= 15 is 0 Å². The van der Waals surface area contributed by atoms with E-state index in [1.165, 1.54) is 12.1 Å². The summed E-state index contributed by atoms with van der Waals surface area (Å²) in [5.41, 5.74) is 6.50. The molecule has 2 aromatic heterocycles. The number of nitrogens with one attached hydrogen (secondary N) is 1. The summed E-state index contributed by atoms with van der Waals surface area (Å²) in [7, 11) is 0. The summed E-state index contributed by atoms with van der Waals surface area (Å²) in [6.45, 7) is 0.690. The van der Waals surface area contributed by atoms with Gasteiger partial charge in [0.05, 0.1) is 17.9 Å². The van der Waals surface area contributed by atoms with Crippen LogP contribution >= 0.6 is 0 Å². The number of halogens is 4. The number of pyridine rings is 1. The SMILES string of the molecule is NCc1cccc(-n2cc(C(F)(F)F)cc2C(=O)Nc2cc(C(OCC3CC3)c3cccnc3)ccc2F)c1. The molecule has 1 aliphatic rings. The minimum absolute atomic E-state index is 0.168. The lowest BCUT2D eigenvalue weighted by Crippen LogP contribution is -2.17. The highest BCUT2D eigenvalue weighted by Crippen LogP contribution is 2.35. The van der Waals surface area contributed by atoms with Crippen LogP contribution in [0, 0.1) is 11.7 Å². The largest absolute Gasteiger partial charge is 0.417 e. The van der Waals surface area contributed by atoms with Gasteiger partial charge in [0.1, 0.15) is 17.6 Å². The van der Waals surface area contributed by atoms with Gasteiger partial charge in [0, 0.05) is 36.4 Å². The molecule has 4 aromatic rings. The van der Waals surface area contributed by atoms with Gasteiger partial charge in [-0.25, -0.2) is 4.39 Å². The van der Waals surface area contributed by atoms with Crippen LogP contribution < -0.4 is 11.1 Å². The van der Waals surface area contributed by atoms with Gasteiger partial charge in [-0.2, -0.15) is 13.2 Å². The zero-order valence-corrected chi connectivity index (χ0v) is 20.8. The number of ether oxygens (including phenoxy) is 1. The first-order chi connectivity index (χ1) is 18.7. The van der Waals surface area contributed by atoms with Crippen LogP contribution in [-0.2, 0) is 17.5 Å². The molecule has 1 fully saturated rings. The summed E-state index contributed by atoms with van der Waals surface area (Å²) in [5, 5.41) is 2.46. The van der Waals surface area contributed by atoms with Crippen molar-refractivity contribution in [2.45, 2.75) is 31.7 Å². The summed E-state index contributed by atoms with van der Waals surface area (Å²) in [4.78, 5) is 17.4. The number of amides is 1. The van der Waals surface area contributed by atoms with E-state index < -0.39 is 29.6 Å². The van der Waals surface area contributed by atoms with E-state index in [0.717, 1.165) is 35.2 Å². The van der Waals surface area contributed by atoms with Crippen LogP contribution in [0.2, 0.25) is 0 Å². The standard InChI is InChI=1S/C29H26F4N4O2/c30-24-9-8-20(27(39-17-18-6-7-18)21-4-2-10-35-15-21)12-25(24)36-28(38)26-13-22(29(31,32)33)16-37(26)23-5-1-3-19(11-23)14-34/h1-5,8-13,15-16,18,27H,6-7,14,17,34H2,(H,36,38). The minimum atomic E-state index is -4.69. The second kappa shape index (κ2) is 11.0. The quantitative estimate of drug-likeness (QED) is 0.247. The summed E-state index contributed by atoms with van der Waals surface area (Å²) in [5.74, 6) is -1.17. The van der Waals surface area contributed by atoms with Gasteiger partial charge in [-0.1, -0.05) is 24.3 Å².